The Balaban J connectivity index is 2.00. The molecule has 3 rings (SSSR count). The smallest absolute Gasteiger partial charge is 0.142 e. The third-order valence-electron chi connectivity index (χ3n) is 5.81. The van der Waals surface area contributed by atoms with Gasteiger partial charge >= 0.3 is 0 Å². The predicted molar refractivity (Wildman–Crippen MR) is 66.5 cm³/mol. The first kappa shape index (κ1) is 11.7. The number of hydrogen-bond donors (Lipinski definition) is 1. The molecule has 0 radical (unpaired) electrons. The highest BCUT2D eigenvalue weighted by Gasteiger charge is 2.58. The van der Waals surface area contributed by atoms with Gasteiger partial charge < -0.3 is 5.11 Å². The molecule has 96 valence electrons. The number of carbonyl (C=O) groups is 1. The van der Waals surface area contributed by atoms with E-state index in [0.717, 1.165) is 44.9 Å². The lowest BCUT2D eigenvalue weighted by Crippen LogP contribution is -2.61. The van der Waals surface area contributed by atoms with Crippen LogP contribution in [0, 0.1) is 23.7 Å². The summed E-state index contributed by atoms with van der Waals surface area (Å²) >= 11 is 0. The van der Waals surface area contributed by atoms with Crippen LogP contribution in [0.2, 0.25) is 0 Å². The molecule has 0 aliphatic heterocycles. The first-order valence-electron chi connectivity index (χ1n) is 7.44. The van der Waals surface area contributed by atoms with Gasteiger partial charge in [0, 0.05) is 11.8 Å². The second kappa shape index (κ2) is 4.08. The molecule has 2 nitrogen and oxygen atoms in total. The van der Waals surface area contributed by atoms with Crippen molar-refractivity contribution in [3.05, 3.63) is 0 Å². The normalized spacial score (nSPS) is 49.9. The lowest BCUT2D eigenvalue weighted by Gasteiger charge is -2.56. The molecule has 2 bridgehead atoms. The summed E-state index contributed by atoms with van der Waals surface area (Å²) in [7, 11) is 0. The number of fused-ring (bicyclic) bond motifs is 4. The molecule has 0 aromatic carbocycles. The molecule has 3 fully saturated rings. The highest BCUT2D eigenvalue weighted by atomic mass is 16.3. The zero-order chi connectivity index (χ0) is 12.0. The Labute approximate surface area is 104 Å². The van der Waals surface area contributed by atoms with Gasteiger partial charge in [-0.15, -0.1) is 0 Å². The van der Waals surface area contributed by atoms with Crippen molar-refractivity contribution in [1.29, 1.82) is 0 Å². The predicted octanol–water partition coefficient (Wildman–Crippen LogP) is 2.93. The minimum atomic E-state index is -0.632. The van der Waals surface area contributed by atoms with Crippen molar-refractivity contribution in [1.82, 2.24) is 0 Å². The number of hydrogen-bond acceptors (Lipinski definition) is 2. The lowest BCUT2D eigenvalue weighted by molar-refractivity contribution is -0.181. The van der Waals surface area contributed by atoms with Crippen LogP contribution in [0.5, 0.6) is 0 Å². The molecule has 17 heavy (non-hydrogen) atoms. The van der Waals surface area contributed by atoms with Crippen molar-refractivity contribution >= 4 is 5.78 Å². The molecule has 1 N–H and O–H groups in total. The summed E-state index contributed by atoms with van der Waals surface area (Å²) in [6.45, 7) is 2.20. The van der Waals surface area contributed by atoms with Gasteiger partial charge in [-0.2, -0.15) is 0 Å². The van der Waals surface area contributed by atoms with E-state index in [-0.39, 0.29) is 11.8 Å². The maximum atomic E-state index is 12.5. The fourth-order valence-electron chi connectivity index (χ4n) is 5.08. The summed E-state index contributed by atoms with van der Waals surface area (Å²) in [5.41, 5.74) is -0.632. The molecule has 0 unspecified atom stereocenters. The van der Waals surface area contributed by atoms with Crippen LogP contribution in [0.3, 0.4) is 0 Å². The molecular formula is C15H24O2. The maximum Gasteiger partial charge on any atom is 0.142 e. The Kier molecular flexibility index (Phi) is 2.81. The molecule has 3 saturated carbocycles. The second-order valence-electron chi connectivity index (χ2n) is 6.41. The standard InChI is InChI=1S/C15H24O2/c1-2-10-11-6-5-8-13(14(11)16)15(17)9-4-3-7-12(10)15/h10-13,17H,2-9H2,1H3/t10-,11+,12+,13+,15-/m0/s1. The largest absolute Gasteiger partial charge is 0.389 e. The molecule has 0 aromatic heterocycles. The van der Waals surface area contributed by atoms with Crippen molar-refractivity contribution in [2.45, 2.75) is 63.9 Å². The Morgan fingerprint density at radius 2 is 2.06 bits per heavy atom. The number of carbonyl (C=O) groups excluding carboxylic acids is 1. The summed E-state index contributed by atoms with van der Waals surface area (Å²) in [6, 6.07) is 0. The minimum Gasteiger partial charge on any atom is -0.389 e. The van der Waals surface area contributed by atoms with E-state index < -0.39 is 5.60 Å². The molecular weight excluding hydrogens is 212 g/mol. The number of Topliss-reactive ketones (excluding diaryl/α,β-unsaturated/α-hetero) is 1. The molecule has 0 aromatic rings. The second-order valence-corrected chi connectivity index (χ2v) is 6.41. The van der Waals surface area contributed by atoms with Crippen LogP contribution >= 0.6 is 0 Å². The van der Waals surface area contributed by atoms with Crippen LogP contribution in [0.1, 0.15) is 58.3 Å². The molecule has 3 aliphatic rings. The van der Waals surface area contributed by atoms with Crippen molar-refractivity contribution in [2.75, 3.05) is 0 Å². The summed E-state index contributed by atoms with van der Waals surface area (Å²) in [5.74, 6) is 1.54. The fraction of sp³-hybridized carbons (Fsp3) is 0.933. The zero-order valence-corrected chi connectivity index (χ0v) is 10.8. The third kappa shape index (κ3) is 1.53. The van der Waals surface area contributed by atoms with Gasteiger partial charge in [0.2, 0.25) is 0 Å². The quantitative estimate of drug-likeness (QED) is 0.760. The average Bonchev–Trinajstić information content (AvgIpc) is 2.32. The minimum absolute atomic E-state index is 0.0191. The summed E-state index contributed by atoms with van der Waals surface area (Å²) in [4.78, 5) is 12.5. The van der Waals surface area contributed by atoms with Crippen LogP contribution in [0.15, 0.2) is 0 Å². The van der Waals surface area contributed by atoms with Crippen LogP contribution in [0.4, 0.5) is 0 Å². The van der Waals surface area contributed by atoms with Crippen molar-refractivity contribution < 1.29 is 9.90 Å². The number of aliphatic hydroxyl groups is 1. The van der Waals surface area contributed by atoms with Crippen LogP contribution in [-0.4, -0.2) is 16.5 Å². The van der Waals surface area contributed by atoms with Gasteiger partial charge in [-0.1, -0.05) is 32.6 Å². The first-order chi connectivity index (χ1) is 8.18. The molecule has 3 aliphatic carbocycles. The van der Waals surface area contributed by atoms with Gasteiger partial charge in [-0.3, -0.25) is 4.79 Å². The highest BCUT2D eigenvalue weighted by Crippen LogP contribution is 2.55. The van der Waals surface area contributed by atoms with E-state index in [4.69, 9.17) is 0 Å². The number of ketones is 1. The van der Waals surface area contributed by atoms with E-state index in [2.05, 4.69) is 6.92 Å². The summed E-state index contributed by atoms with van der Waals surface area (Å²) in [6.07, 6.45) is 8.61. The van der Waals surface area contributed by atoms with Gasteiger partial charge in [0.15, 0.2) is 0 Å². The summed E-state index contributed by atoms with van der Waals surface area (Å²) in [5, 5.41) is 11.1. The van der Waals surface area contributed by atoms with Gasteiger partial charge in [0.1, 0.15) is 5.78 Å². The van der Waals surface area contributed by atoms with Gasteiger partial charge in [-0.05, 0) is 37.5 Å². The van der Waals surface area contributed by atoms with E-state index in [1.54, 1.807) is 0 Å². The Bertz CT molecular complexity index is 325. The Morgan fingerprint density at radius 1 is 1.24 bits per heavy atom. The van der Waals surface area contributed by atoms with Crippen molar-refractivity contribution in [3.63, 3.8) is 0 Å². The average molecular weight is 236 g/mol. The molecule has 0 spiro atoms. The van der Waals surface area contributed by atoms with E-state index in [1.807, 2.05) is 0 Å². The molecule has 0 amide bonds. The van der Waals surface area contributed by atoms with E-state index in [1.165, 1.54) is 6.42 Å². The molecule has 2 heteroatoms. The summed E-state index contributed by atoms with van der Waals surface area (Å²) < 4.78 is 0. The van der Waals surface area contributed by atoms with E-state index >= 15 is 0 Å². The lowest BCUT2D eigenvalue weighted by atomic mass is 9.50. The van der Waals surface area contributed by atoms with Crippen molar-refractivity contribution in [2.24, 2.45) is 23.7 Å². The topological polar surface area (TPSA) is 37.3 Å². The van der Waals surface area contributed by atoms with Crippen molar-refractivity contribution in [3.8, 4) is 0 Å². The van der Waals surface area contributed by atoms with E-state index in [9.17, 15) is 9.90 Å². The zero-order valence-electron chi connectivity index (χ0n) is 10.8. The molecule has 0 heterocycles. The van der Waals surface area contributed by atoms with Gasteiger partial charge in [0.05, 0.1) is 5.60 Å². The monoisotopic (exact) mass is 236 g/mol. The highest BCUT2D eigenvalue weighted by molar-refractivity contribution is 5.86. The van der Waals surface area contributed by atoms with Gasteiger partial charge in [0.25, 0.3) is 0 Å². The number of rotatable bonds is 1. The Morgan fingerprint density at radius 3 is 2.82 bits per heavy atom. The van der Waals surface area contributed by atoms with Crippen LogP contribution in [-0.2, 0) is 4.79 Å². The SMILES string of the molecule is CC[C@@H]1[C@H]2CCCC[C@@]2(O)[C@@H]2CCC[C@H]1C2=O. The molecule has 5 atom stereocenters. The van der Waals surface area contributed by atoms with Gasteiger partial charge in [-0.25, -0.2) is 0 Å². The third-order valence-corrected chi connectivity index (χ3v) is 5.81. The van der Waals surface area contributed by atoms with Crippen LogP contribution < -0.4 is 0 Å². The van der Waals surface area contributed by atoms with E-state index in [0.29, 0.717) is 17.6 Å². The Hall–Kier alpha value is -0.370. The maximum absolute atomic E-state index is 12.5. The van der Waals surface area contributed by atoms with Crippen LogP contribution in [0.25, 0.3) is 0 Å². The first-order valence-corrected chi connectivity index (χ1v) is 7.44. The fourth-order valence-corrected chi connectivity index (χ4v) is 5.08. The molecule has 0 saturated heterocycles.